The second-order valence-electron chi connectivity index (χ2n) is 5.98. The van der Waals surface area contributed by atoms with Gasteiger partial charge in [-0.2, -0.15) is 4.98 Å². The van der Waals surface area contributed by atoms with E-state index in [1.807, 2.05) is 0 Å². The SMILES string of the molecule is Cc1cc(OCC(=O)c2ccc(F)cc2)nc(Nc2ccc(F)c(C)c2)n1. The zero-order valence-electron chi connectivity index (χ0n) is 14.8. The van der Waals surface area contributed by atoms with Gasteiger partial charge in [0.05, 0.1) is 0 Å². The van der Waals surface area contributed by atoms with Crippen molar-refractivity contribution in [3.8, 4) is 5.88 Å². The normalized spacial score (nSPS) is 10.5. The molecule has 1 heterocycles. The molecule has 138 valence electrons. The van der Waals surface area contributed by atoms with E-state index in [1.165, 1.54) is 30.3 Å². The van der Waals surface area contributed by atoms with Crippen molar-refractivity contribution >= 4 is 17.4 Å². The predicted octanol–water partition coefficient (Wildman–Crippen LogP) is 4.38. The number of anilines is 2. The number of nitrogens with one attached hydrogen (secondary N) is 1. The summed E-state index contributed by atoms with van der Waals surface area (Å²) < 4.78 is 31.8. The molecule has 0 saturated carbocycles. The number of aryl methyl sites for hydroxylation is 2. The van der Waals surface area contributed by atoms with Gasteiger partial charge < -0.3 is 10.1 Å². The van der Waals surface area contributed by atoms with Crippen LogP contribution >= 0.6 is 0 Å². The highest BCUT2D eigenvalue weighted by Crippen LogP contribution is 2.19. The summed E-state index contributed by atoms with van der Waals surface area (Å²) in [4.78, 5) is 20.6. The number of halogens is 2. The second kappa shape index (κ2) is 7.90. The number of hydrogen-bond acceptors (Lipinski definition) is 5. The van der Waals surface area contributed by atoms with E-state index in [9.17, 15) is 13.6 Å². The number of carbonyl (C=O) groups excluding carboxylic acids is 1. The fourth-order valence-corrected chi connectivity index (χ4v) is 2.38. The van der Waals surface area contributed by atoms with E-state index in [2.05, 4.69) is 15.3 Å². The van der Waals surface area contributed by atoms with E-state index in [1.54, 1.807) is 32.0 Å². The Labute approximate surface area is 155 Å². The molecule has 0 saturated heterocycles. The van der Waals surface area contributed by atoms with E-state index in [-0.39, 0.29) is 30.0 Å². The fourth-order valence-electron chi connectivity index (χ4n) is 2.38. The third kappa shape index (κ3) is 4.84. The van der Waals surface area contributed by atoms with Gasteiger partial charge >= 0.3 is 0 Å². The number of nitrogens with zero attached hydrogens (tertiary/aromatic N) is 2. The van der Waals surface area contributed by atoms with Crippen molar-refractivity contribution in [1.82, 2.24) is 9.97 Å². The van der Waals surface area contributed by atoms with Crippen LogP contribution in [0.5, 0.6) is 5.88 Å². The Hall–Kier alpha value is -3.35. The maximum absolute atomic E-state index is 13.4. The molecule has 0 amide bonds. The standard InChI is InChI=1S/C20H17F2N3O2/c1-12-9-16(7-8-17(12)22)24-20-23-13(2)10-19(25-20)27-11-18(26)14-3-5-15(21)6-4-14/h3-10H,11H2,1-2H3,(H,23,24,25). The molecule has 27 heavy (non-hydrogen) atoms. The van der Waals surface area contributed by atoms with Gasteiger partial charge in [0.1, 0.15) is 11.6 Å². The Bertz CT molecular complexity index is 975. The lowest BCUT2D eigenvalue weighted by Gasteiger charge is -2.10. The third-order valence-corrected chi connectivity index (χ3v) is 3.76. The van der Waals surface area contributed by atoms with Gasteiger partial charge in [0.2, 0.25) is 11.8 Å². The highest BCUT2D eigenvalue weighted by Gasteiger charge is 2.10. The van der Waals surface area contributed by atoms with Crippen molar-refractivity contribution in [2.45, 2.75) is 13.8 Å². The van der Waals surface area contributed by atoms with Crippen molar-refractivity contribution in [2.24, 2.45) is 0 Å². The number of aromatic nitrogens is 2. The zero-order valence-corrected chi connectivity index (χ0v) is 14.8. The molecule has 0 spiro atoms. The smallest absolute Gasteiger partial charge is 0.230 e. The predicted molar refractivity (Wildman–Crippen MR) is 97.4 cm³/mol. The molecule has 0 unspecified atom stereocenters. The lowest BCUT2D eigenvalue weighted by atomic mass is 10.1. The van der Waals surface area contributed by atoms with Crippen LogP contribution < -0.4 is 10.1 Å². The van der Waals surface area contributed by atoms with Gasteiger partial charge in [-0.1, -0.05) is 0 Å². The first-order valence-corrected chi connectivity index (χ1v) is 8.21. The van der Waals surface area contributed by atoms with Crippen molar-refractivity contribution in [1.29, 1.82) is 0 Å². The molecule has 0 radical (unpaired) electrons. The molecule has 0 aliphatic rings. The van der Waals surface area contributed by atoms with E-state index in [0.29, 0.717) is 22.5 Å². The van der Waals surface area contributed by atoms with Crippen molar-refractivity contribution in [3.63, 3.8) is 0 Å². The maximum atomic E-state index is 13.4. The molecule has 0 fully saturated rings. The molecule has 0 aliphatic carbocycles. The Morgan fingerprint density at radius 1 is 1.04 bits per heavy atom. The summed E-state index contributed by atoms with van der Waals surface area (Å²) >= 11 is 0. The number of benzene rings is 2. The largest absolute Gasteiger partial charge is 0.469 e. The molecule has 0 atom stereocenters. The van der Waals surface area contributed by atoms with Gasteiger partial charge in [0.25, 0.3) is 0 Å². The van der Waals surface area contributed by atoms with Gasteiger partial charge in [-0.25, -0.2) is 13.8 Å². The molecule has 0 bridgehead atoms. The topological polar surface area (TPSA) is 64.1 Å². The summed E-state index contributed by atoms with van der Waals surface area (Å²) in [5.74, 6) is -0.515. The summed E-state index contributed by atoms with van der Waals surface area (Å²) in [5, 5.41) is 2.98. The Kier molecular flexibility index (Phi) is 5.40. The number of hydrogen-bond donors (Lipinski definition) is 1. The van der Waals surface area contributed by atoms with Crippen LogP contribution in [0, 0.1) is 25.5 Å². The number of carbonyl (C=O) groups is 1. The molecule has 2 aromatic carbocycles. The number of ketones is 1. The van der Waals surface area contributed by atoms with Gasteiger partial charge in [0, 0.05) is 23.0 Å². The summed E-state index contributed by atoms with van der Waals surface area (Å²) in [6.07, 6.45) is 0. The minimum absolute atomic E-state index is 0.222. The van der Waals surface area contributed by atoms with Crippen molar-refractivity contribution in [2.75, 3.05) is 11.9 Å². The van der Waals surface area contributed by atoms with Gasteiger partial charge in [-0.15, -0.1) is 0 Å². The molecule has 1 N–H and O–H groups in total. The third-order valence-electron chi connectivity index (χ3n) is 3.76. The highest BCUT2D eigenvalue weighted by atomic mass is 19.1. The zero-order chi connectivity index (χ0) is 19.4. The summed E-state index contributed by atoms with van der Waals surface area (Å²) in [6, 6.07) is 11.4. The first-order valence-electron chi connectivity index (χ1n) is 8.21. The first-order chi connectivity index (χ1) is 12.9. The van der Waals surface area contributed by atoms with Crippen LogP contribution in [0.2, 0.25) is 0 Å². The Morgan fingerprint density at radius 2 is 1.78 bits per heavy atom. The molecule has 0 aliphatic heterocycles. The molecule has 1 aromatic heterocycles. The molecule has 5 nitrogen and oxygen atoms in total. The first kappa shape index (κ1) is 18.4. The van der Waals surface area contributed by atoms with Gasteiger partial charge in [-0.3, -0.25) is 4.79 Å². The van der Waals surface area contributed by atoms with Crippen molar-refractivity contribution < 1.29 is 18.3 Å². The average Bonchev–Trinajstić information content (AvgIpc) is 2.63. The molecular formula is C20H17F2N3O2. The lowest BCUT2D eigenvalue weighted by molar-refractivity contribution is 0.0918. The lowest BCUT2D eigenvalue weighted by Crippen LogP contribution is -2.13. The average molecular weight is 369 g/mol. The highest BCUT2D eigenvalue weighted by molar-refractivity contribution is 5.97. The van der Waals surface area contributed by atoms with Crippen LogP contribution in [-0.2, 0) is 0 Å². The van der Waals surface area contributed by atoms with E-state index in [4.69, 9.17) is 4.74 Å². The van der Waals surface area contributed by atoms with Crippen LogP contribution in [0.3, 0.4) is 0 Å². The van der Waals surface area contributed by atoms with Crippen LogP contribution in [0.4, 0.5) is 20.4 Å². The summed E-state index contributed by atoms with van der Waals surface area (Å²) in [6.45, 7) is 3.18. The minimum atomic E-state index is -0.411. The van der Waals surface area contributed by atoms with Crippen molar-refractivity contribution in [3.05, 3.63) is 77.0 Å². The number of rotatable bonds is 6. The Morgan fingerprint density at radius 3 is 2.48 bits per heavy atom. The van der Waals surface area contributed by atoms with E-state index in [0.717, 1.165) is 0 Å². The summed E-state index contributed by atoms with van der Waals surface area (Å²) in [7, 11) is 0. The summed E-state index contributed by atoms with van der Waals surface area (Å²) in [5.41, 5.74) is 2.11. The quantitative estimate of drug-likeness (QED) is 0.654. The molecule has 3 aromatic rings. The van der Waals surface area contributed by atoms with E-state index >= 15 is 0 Å². The second-order valence-corrected chi connectivity index (χ2v) is 5.98. The molecule has 3 rings (SSSR count). The maximum Gasteiger partial charge on any atom is 0.230 e. The molecule has 7 heteroatoms. The number of Topliss-reactive ketones (excluding diaryl/α,β-unsaturated/α-hetero) is 1. The van der Waals surface area contributed by atoms with E-state index < -0.39 is 5.82 Å². The molecular weight excluding hydrogens is 352 g/mol. The fraction of sp³-hybridized carbons (Fsp3) is 0.150. The van der Waals surface area contributed by atoms with Crippen LogP contribution in [-0.4, -0.2) is 22.4 Å². The Balaban J connectivity index is 1.70. The van der Waals surface area contributed by atoms with Gasteiger partial charge in [-0.05, 0) is 61.9 Å². The monoisotopic (exact) mass is 369 g/mol. The van der Waals surface area contributed by atoms with Crippen LogP contribution in [0.25, 0.3) is 0 Å². The number of ether oxygens (including phenoxy) is 1. The minimum Gasteiger partial charge on any atom is -0.469 e. The van der Waals surface area contributed by atoms with Crippen LogP contribution in [0.1, 0.15) is 21.6 Å². The van der Waals surface area contributed by atoms with Crippen LogP contribution in [0.15, 0.2) is 48.5 Å². The van der Waals surface area contributed by atoms with Gasteiger partial charge in [0.15, 0.2) is 12.4 Å².